The Kier molecular flexibility index (Phi) is 6.03. The van der Waals surface area contributed by atoms with Gasteiger partial charge in [0, 0.05) is 25.7 Å². The molecule has 7 heteroatoms. The lowest BCUT2D eigenvalue weighted by atomic mass is 10.1. The SMILES string of the molecule is O=C(CCN1C(=O)c2ccccc2C1=O)NCc1cccc(OCc2ccccn2)c1. The molecule has 0 unspecified atom stereocenters. The highest BCUT2D eigenvalue weighted by molar-refractivity contribution is 6.21. The highest BCUT2D eigenvalue weighted by Gasteiger charge is 2.34. The fourth-order valence-electron chi connectivity index (χ4n) is 3.33. The van der Waals surface area contributed by atoms with Crippen molar-refractivity contribution in [3.8, 4) is 5.75 Å². The van der Waals surface area contributed by atoms with Gasteiger partial charge in [-0.1, -0.05) is 30.3 Å². The van der Waals surface area contributed by atoms with E-state index in [-0.39, 0.29) is 30.7 Å². The Morgan fingerprint density at radius 2 is 1.68 bits per heavy atom. The first-order valence-corrected chi connectivity index (χ1v) is 9.95. The fraction of sp³-hybridized carbons (Fsp3) is 0.167. The van der Waals surface area contributed by atoms with Crippen molar-refractivity contribution in [2.45, 2.75) is 19.6 Å². The Balaban J connectivity index is 1.26. The Hall–Kier alpha value is -4.00. The molecule has 1 N–H and O–H groups in total. The van der Waals surface area contributed by atoms with E-state index < -0.39 is 0 Å². The molecule has 2 heterocycles. The lowest BCUT2D eigenvalue weighted by Gasteiger charge is -2.13. The van der Waals surface area contributed by atoms with Crippen LogP contribution in [0.1, 0.15) is 38.4 Å². The van der Waals surface area contributed by atoms with Crippen molar-refractivity contribution in [1.29, 1.82) is 0 Å². The summed E-state index contributed by atoms with van der Waals surface area (Å²) in [5, 5.41) is 2.82. The smallest absolute Gasteiger partial charge is 0.261 e. The van der Waals surface area contributed by atoms with Crippen molar-refractivity contribution in [2.24, 2.45) is 0 Å². The second-order valence-electron chi connectivity index (χ2n) is 7.09. The van der Waals surface area contributed by atoms with Crippen LogP contribution in [0.15, 0.2) is 72.9 Å². The number of rotatable bonds is 8. The van der Waals surface area contributed by atoms with E-state index in [2.05, 4.69) is 10.3 Å². The summed E-state index contributed by atoms with van der Waals surface area (Å²) in [7, 11) is 0. The maximum Gasteiger partial charge on any atom is 0.261 e. The first kappa shape index (κ1) is 20.3. The molecule has 3 amide bonds. The van der Waals surface area contributed by atoms with E-state index in [0.29, 0.717) is 30.0 Å². The van der Waals surface area contributed by atoms with E-state index in [1.807, 2.05) is 42.5 Å². The number of hydrogen-bond acceptors (Lipinski definition) is 5. The molecule has 0 saturated carbocycles. The molecule has 1 aliphatic heterocycles. The molecular formula is C24H21N3O4. The predicted molar refractivity (Wildman–Crippen MR) is 113 cm³/mol. The van der Waals surface area contributed by atoms with Crippen molar-refractivity contribution >= 4 is 17.7 Å². The maximum atomic E-state index is 12.4. The summed E-state index contributed by atoms with van der Waals surface area (Å²) in [5.41, 5.74) is 2.48. The van der Waals surface area contributed by atoms with Crippen molar-refractivity contribution in [3.05, 3.63) is 95.3 Å². The van der Waals surface area contributed by atoms with Gasteiger partial charge in [0.2, 0.25) is 5.91 Å². The minimum Gasteiger partial charge on any atom is -0.487 e. The van der Waals surface area contributed by atoms with Crippen molar-refractivity contribution < 1.29 is 19.1 Å². The van der Waals surface area contributed by atoms with Crippen LogP contribution in [0, 0.1) is 0 Å². The van der Waals surface area contributed by atoms with Gasteiger partial charge in [-0.05, 0) is 42.0 Å². The number of nitrogens with zero attached hydrogens (tertiary/aromatic N) is 2. The van der Waals surface area contributed by atoms with Crippen LogP contribution < -0.4 is 10.1 Å². The molecule has 0 atom stereocenters. The van der Waals surface area contributed by atoms with Gasteiger partial charge >= 0.3 is 0 Å². The minimum atomic E-state index is -0.355. The Labute approximate surface area is 179 Å². The molecule has 156 valence electrons. The molecule has 3 aromatic rings. The molecule has 0 spiro atoms. The van der Waals surface area contributed by atoms with Crippen LogP contribution >= 0.6 is 0 Å². The Morgan fingerprint density at radius 3 is 2.39 bits per heavy atom. The quantitative estimate of drug-likeness (QED) is 0.572. The van der Waals surface area contributed by atoms with Gasteiger partial charge in [0.25, 0.3) is 11.8 Å². The zero-order valence-electron chi connectivity index (χ0n) is 16.8. The van der Waals surface area contributed by atoms with E-state index in [1.54, 1.807) is 30.5 Å². The number of fused-ring (bicyclic) bond motifs is 1. The summed E-state index contributed by atoms with van der Waals surface area (Å²) in [5.74, 6) is -0.267. The highest BCUT2D eigenvalue weighted by Crippen LogP contribution is 2.22. The summed E-state index contributed by atoms with van der Waals surface area (Å²) in [6, 6.07) is 19.8. The number of aromatic nitrogens is 1. The van der Waals surface area contributed by atoms with Crippen LogP contribution in [0.25, 0.3) is 0 Å². The van der Waals surface area contributed by atoms with Gasteiger partial charge in [-0.25, -0.2) is 0 Å². The van der Waals surface area contributed by atoms with Gasteiger partial charge in [0.05, 0.1) is 16.8 Å². The topological polar surface area (TPSA) is 88.6 Å². The third kappa shape index (κ3) is 4.78. The fourth-order valence-corrected chi connectivity index (χ4v) is 3.33. The van der Waals surface area contributed by atoms with E-state index in [0.717, 1.165) is 16.2 Å². The number of hydrogen-bond donors (Lipinski definition) is 1. The third-order valence-corrected chi connectivity index (χ3v) is 4.94. The molecule has 7 nitrogen and oxygen atoms in total. The molecule has 0 fully saturated rings. The highest BCUT2D eigenvalue weighted by atomic mass is 16.5. The number of imide groups is 1. The van der Waals surface area contributed by atoms with Crippen molar-refractivity contribution in [2.75, 3.05) is 6.54 Å². The summed E-state index contributed by atoms with van der Waals surface area (Å²) < 4.78 is 5.75. The van der Waals surface area contributed by atoms with Crippen LogP contribution in [0.4, 0.5) is 0 Å². The number of ether oxygens (including phenoxy) is 1. The molecule has 4 rings (SSSR count). The molecule has 1 aliphatic rings. The van der Waals surface area contributed by atoms with Gasteiger partial charge in [-0.2, -0.15) is 0 Å². The normalized spacial score (nSPS) is 12.6. The van der Waals surface area contributed by atoms with Gasteiger partial charge in [0.1, 0.15) is 12.4 Å². The average molecular weight is 415 g/mol. The zero-order chi connectivity index (χ0) is 21.6. The van der Waals surface area contributed by atoms with Gasteiger partial charge in [0.15, 0.2) is 0 Å². The molecule has 0 bridgehead atoms. The first-order valence-electron chi connectivity index (χ1n) is 9.95. The lowest BCUT2D eigenvalue weighted by Crippen LogP contribution is -2.34. The minimum absolute atomic E-state index is 0.0430. The van der Waals surface area contributed by atoms with E-state index in [1.165, 1.54) is 0 Å². The van der Waals surface area contributed by atoms with Gasteiger partial charge in [-0.15, -0.1) is 0 Å². The van der Waals surface area contributed by atoms with Gasteiger partial charge < -0.3 is 10.1 Å². The summed E-state index contributed by atoms with van der Waals surface area (Å²) >= 11 is 0. The zero-order valence-corrected chi connectivity index (χ0v) is 16.8. The van der Waals surface area contributed by atoms with Crippen molar-refractivity contribution in [1.82, 2.24) is 15.2 Å². The van der Waals surface area contributed by atoms with Gasteiger partial charge in [-0.3, -0.25) is 24.3 Å². The van der Waals surface area contributed by atoms with Crippen LogP contribution in [-0.2, 0) is 17.9 Å². The number of benzene rings is 2. The summed E-state index contributed by atoms with van der Waals surface area (Å²) in [6.07, 6.45) is 1.76. The largest absolute Gasteiger partial charge is 0.487 e. The Morgan fingerprint density at radius 1 is 0.935 bits per heavy atom. The lowest BCUT2D eigenvalue weighted by molar-refractivity contribution is -0.121. The molecule has 2 aromatic carbocycles. The summed E-state index contributed by atoms with van der Waals surface area (Å²) in [4.78, 5) is 42.3. The number of nitrogens with one attached hydrogen (secondary N) is 1. The molecule has 0 saturated heterocycles. The number of amides is 3. The second kappa shape index (κ2) is 9.21. The maximum absolute atomic E-state index is 12.4. The molecule has 31 heavy (non-hydrogen) atoms. The summed E-state index contributed by atoms with van der Waals surface area (Å²) in [6.45, 7) is 0.726. The molecular weight excluding hydrogens is 394 g/mol. The average Bonchev–Trinajstić information content (AvgIpc) is 3.06. The predicted octanol–water partition coefficient (Wildman–Crippen LogP) is 2.96. The number of carbonyl (C=O) groups excluding carboxylic acids is 3. The molecule has 0 aliphatic carbocycles. The molecule has 1 aromatic heterocycles. The second-order valence-corrected chi connectivity index (χ2v) is 7.09. The van der Waals surface area contributed by atoms with Crippen molar-refractivity contribution in [3.63, 3.8) is 0 Å². The number of carbonyl (C=O) groups is 3. The van der Waals surface area contributed by atoms with E-state index >= 15 is 0 Å². The first-order chi connectivity index (χ1) is 15.1. The number of pyridine rings is 1. The van der Waals surface area contributed by atoms with Crippen LogP contribution in [0.2, 0.25) is 0 Å². The monoisotopic (exact) mass is 415 g/mol. The Bertz CT molecular complexity index is 1080. The van der Waals surface area contributed by atoms with Crippen LogP contribution in [0.3, 0.4) is 0 Å². The molecule has 0 radical (unpaired) electrons. The van der Waals surface area contributed by atoms with Crippen LogP contribution in [-0.4, -0.2) is 34.2 Å². The standard InChI is InChI=1S/C24H21N3O4/c28-22(11-13-27-23(29)20-9-1-2-10-21(20)24(27)30)26-15-17-6-5-8-19(14-17)31-16-18-7-3-4-12-25-18/h1-10,12,14H,11,13,15-16H2,(H,26,28). The third-order valence-electron chi connectivity index (χ3n) is 4.94. The van der Waals surface area contributed by atoms with E-state index in [9.17, 15) is 14.4 Å². The van der Waals surface area contributed by atoms with E-state index in [4.69, 9.17) is 4.74 Å². The van der Waals surface area contributed by atoms with Crippen LogP contribution in [0.5, 0.6) is 5.75 Å².